The molecule has 5 rings (SSSR count). The number of pyridine rings is 1. The van der Waals surface area contributed by atoms with E-state index in [1.54, 1.807) is 48.8 Å². The van der Waals surface area contributed by atoms with Crippen LogP contribution in [0, 0.1) is 12.7 Å². The summed E-state index contributed by atoms with van der Waals surface area (Å²) in [6.07, 6.45) is 4.80. The molecule has 0 fully saturated rings. The Hall–Kier alpha value is -4.53. The van der Waals surface area contributed by atoms with Crippen LogP contribution >= 0.6 is 0 Å². The van der Waals surface area contributed by atoms with Gasteiger partial charge in [0.1, 0.15) is 11.6 Å². The first-order chi connectivity index (χ1) is 16.0. The van der Waals surface area contributed by atoms with Crippen molar-refractivity contribution in [1.29, 1.82) is 0 Å². The van der Waals surface area contributed by atoms with Gasteiger partial charge in [0.15, 0.2) is 0 Å². The van der Waals surface area contributed by atoms with Crippen LogP contribution in [0.5, 0.6) is 0 Å². The minimum Gasteiger partial charge on any atom is -0.348 e. The third-order valence-corrected chi connectivity index (χ3v) is 5.36. The van der Waals surface area contributed by atoms with Crippen molar-refractivity contribution in [3.05, 3.63) is 83.7 Å². The zero-order chi connectivity index (χ0) is 22.9. The summed E-state index contributed by atoms with van der Waals surface area (Å²) < 4.78 is 15.1. The Kier molecular flexibility index (Phi) is 5.06. The summed E-state index contributed by atoms with van der Waals surface area (Å²) >= 11 is 0. The van der Waals surface area contributed by atoms with Crippen molar-refractivity contribution >= 4 is 23.3 Å². The number of hydrogen-bond acceptors (Lipinski definition) is 4. The number of aromatic nitrogens is 3. The lowest BCUT2D eigenvalue weighted by Gasteiger charge is -2.13. The molecule has 0 atom stereocenters. The number of halogens is 1. The molecule has 33 heavy (non-hydrogen) atoms. The number of amides is 3. The maximum Gasteiger partial charge on any atom is 0.323 e. The van der Waals surface area contributed by atoms with Crippen molar-refractivity contribution in [3.63, 3.8) is 0 Å². The van der Waals surface area contributed by atoms with Crippen molar-refractivity contribution in [2.75, 3.05) is 10.6 Å². The van der Waals surface area contributed by atoms with Crippen LogP contribution in [0.15, 0.2) is 61.1 Å². The number of benzene rings is 2. The number of imidazole rings is 1. The molecule has 0 saturated carbocycles. The second-order valence-electron chi connectivity index (χ2n) is 7.63. The topological polar surface area (TPSA) is 112 Å². The largest absolute Gasteiger partial charge is 0.348 e. The fourth-order valence-electron chi connectivity index (χ4n) is 3.89. The second kappa shape index (κ2) is 8.19. The molecule has 2 aromatic carbocycles. The minimum atomic E-state index is -0.516. The maximum atomic E-state index is 15.1. The Morgan fingerprint density at radius 2 is 1.82 bits per heavy atom. The van der Waals surface area contributed by atoms with Crippen LogP contribution in [-0.4, -0.2) is 26.9 Å². The number of rotatable bonds is 4. The molecule has 2 aromatic heterocycles. The predicted octanol–water partition coefficient (Wildman–Crippen LogP) is 4.47. The number of anilines is 2. The van der Waals surface area contributed by atoms with E-state index in [1.165, 1.54) is 12.3 Å². The zero-order valence-electron chi connectivity index (χ0n) is 17.6. The zero-order valence-corrected chi connectivity index (χ0v) is 17.6. The van der Waals surface area contributed by atoms with Gasteiger partial charge in [0, 0.05) is 41.4 Å². The van der Waals surface area contributed by atoms with Crippen LogP contribution in [0.25, 0.3) is 22.5 Å². The summed E-state index contributed by atoms with van der Waals surface area (Å²) in [5, 5.41) is 8.05. The second-order valence-corrected chi connectivity index (χ2v) is 7.63. The molecule has 4 aromatic rings. The van der Waals surface area contributed by atoms with Gasteiger partial charge in [-0.1, -0.05) is 6.07 Å². The molecule has 3 amide bonds. The fraction of sp³-hybridized carbons (Fsp3) is 0.0833. The van der Waals surface area contributed by atoms with Gasteiger partial charge in [-0.25, -0.2) is 14.2 Å². The number of aryl methyl sites for hydroxylation is 1. The molecule has 1 aliphatic heterocycles. The van der Waals surface area contributed by atoms with Gasteiger partial charge >= 0.3 is 6.03 Å². The van der Waals surface area contributed by atoms with E-state index in [-0.39, 0.29) is 5.91 Å². The number of nitrogens with one attached hydrogen (secondary N) is 4. The van der Waals surface area contributed by atoms with E-state index in [1.807, 2.05) is 6.92 Å². The maximum absolute atomic E-state index is 15.1. The van der Waals surface area contributed by atoms with Crippen LogP contribution in [-0.2, 0) is 6.54 Å². The molecule has 0 saturated heterocycles. The lowest BCUT2D eigenvalue weighted by molar-refractivity contribution is 0.0966. The molecule has 0 unspecified atom stereocenters. The number of nitrogens with zero attached hydrogens (tertiary/aromatic N) is 2. The predicted molar refractivity (Wildman–Crippen MR) is 122 cm³/mol. The summed E-state index contributed by atoms with van der Waals surface area (Å²) in [6, 6.07) is 10.9. The summed E-state index contributed by atoms with van der Waals surface area (Å²) in [4.78, 5) is 36.1. The number of H-pyrrole nitrogens is 1. The van der Waals surface area contributed by atoms with Crippen LogP contribution in [0.4, 0.5) is 20.6 Å². The average molecular weight is 442 g/mol. The molecule has 8 nitrogen and oxygen atoms in total. The highest BCUT2D eigenvalue weighted by molar-refractivity contribution is 6.06. The number of carbonyl (C=O) groups excluding carboxylic acids is 2. The summed E-state index contributed by atoms with van der Waals surface area (Å²) in [5.41, 5.74) is 4.51. The van der Waals surface area contributed by atoms with Gasteiger partial charge in [-0.3, -0.25) is 9.78 Å². The molecule has 9 heteroatoms. The summed E-state index contributed by atoms with van der Waals surface area (Å²) in [7, 11) is 0. The van der Waals surface area contributed by atoms with Gasteiger partial charge in [-0.15, -0.1) is 0 Å². The van der Waals surface area contributed by atoms with E-state index >= 15 is 4.39 Å². The standard InChI is InChI=1S/C24H19FN6O2/c1-13-10-27-22(29-13)18-7-6-16(19-12-28-23(32)21(18)19)17-5-4-14(9-20(17)25)30-24(33)31-15-3-2-8-26-11-15/h2-11H,12H2,1H3,(H,27,29)(H,28,32)(H2,30,31,33). The van der Waals surface area contributed by atoms with E-state index < -0.39 is 11.8 Å². The number of fused-ring (bicyclic) bond motifs is 1. The van der Waals surface area contributed by atoms with Gasteiger partial charge in [0.25, 0.3) is 5.91 Å². The Balaban J connectivity index is 1.44. The van der Waals surface area contributed by atoms with Crippen molar-refractivity contribution in [1.82, 2.24) is 20.3 Å². The van der Waals surface area contributed by atoms with Crippen LogP contribution in [0.2, 0.25) is 0 Å². The van der Waals surface area contributed by atoms with Gasteiger partial charge < -0.3 is 20.9 Å². The molecule has 3 heterocycles. The minimum absolute atomic E-state index is 0.221. The molecule has 0 bridgehead atoms. The molecular formula is C24H19FN6O2. The SMILES string of the molecule is Cc1cnc(-c2ccc(-c3ccc(NC(=O)Nc4cccnc4)cc3F)c3c2C(=O)NC3)[nH]1. The Morgan fingerprint density at radius 1 is 1.03 bits per heavy atom. The van der Waals surface area contributed by atoms with E-state index in [4.69, 9.17) is 0 Å². The summed E-state index contributed by atoms with van der Waals surface area (Å²) in [6.45, 7) is 2.18. The van der Waals surface area contributed by atoms with Gasteiger partial charge in [0.05, 0.1) is 17.4 Å². The molecule has 4 N–H and O–H groups in total. The molecule has 164 valence electrons. The monoisotopic (exact) mass is 442 g/mol. The third-order valence-electron chi connectivity index (χ3n) is 5.36. The Bertz CT molecular complexity index is 1380. The van der Waals surface area contributed by atoms with E-state index in [0.29, 0.717) is 51.6 Å². The van der Waals surface area contributed by atoms with Gasteiger partial charge in [-0.2, -0.15) is 0 Å². The third kappa shape index (κ3) is 3.91. The first kappa shape index (κ1) is 20.4. The first-order valence-electron chi connectivity index (χ1n) is 10.2. The number of carbonyl (C=O) groups is 2. The Morgan fingerprint density at radius 3 is 2.55 bits per heavy atom. The highest BCUT2D eigenvalue weighted by Gasteiger charge is 2.28. The quantitative estimate of drug-likeness (QED) is 0.373. The summed E-state index contributed by atoms with van der Waals surface area (Å²) in [5.74, 6) is -0.147. The number of urea groups is 1. The smallest absolute Gasteiger partial charge is 0.323 e. The van der Waals surface area contributed by atoms with E-state index in [2.05, 4.69) is 30.9 Å². The van der Waals surface area contributed by atoms with Crippen LogP contribution in [0.3, 0.4) is 0 Å². The van der Waals surface area contributed by atoms with Gasteiger partial charge in [-0.05, 0) is 54.4 Å². The van der Waals surface area contributed by atoms with Crippen molar-refractivity contribution in [2.24, 2.45) is 0 Å². The lowest BCUT2D eigenvalue weighted by Crippen LogP contribution is -2.19. The highest BCUT2D eigenvalue weighted by Crippen LogP contribution is 2.36. The first-order valence-corrected chi connectivity index (χ1v) is 10.2. The molecular weight excluding hydrogens is 423 g/mol. The molecule has 1 aliphatic rings. The van der Waals surface area contributed by atoms with Gasteiger partial charge in [0.2, 0.25) is 0 Å². The number of aromatic amines is 1. The fourth-order valence-corrected chi connectivity index (χ4v) is 3.89. The molecule has 0 radical (unpaired) electrons. The highest BCUT2D eigenvalue weighted by atomic mass is 19.1. The van der Waals surface area contributed by atoms with Crippen molar-refractivity contribution in [2.45, 2.75) is 13.5 Å². The molecule has 0 aliphatic carbocycles. The van der Waals surface area contributed by atoms with Crippen molar-refractivity contribution in [3.8, 4) is 22.5 Å². The average Bonchev–Trinajstić information content (AvgIpc) is 3.40. The normalized spacial score (nSPS) is 12.2. The van der Waals surface area contributed by atoms with Crippen LogP contribution < -0.4 is 16.0 Å². The van der Waals surface area contributed by atoms with E-state index in [0.717, 1.165) is 5.69 Å². The lowest BCUT2D eigenvalue weighted by atomic mass is 9.92. The van der Waals surface area contributed by atoms with Crippen LogP contribution in [0.1, 0.15) is 21.6 Å². The Labute approximate surface area is 188 Å². The van der Waals surface area contributed by atoms with Crippen molar-refractivity contribution < 1.29 is 14.0 Å². The molecule has 0 spiro atoms. The number of hydrogen-bond donors (Lipinski definition) is 4. The van der Waals surface area contributed by atoms with E-state index in [9.17, 15) is 9.59 Å².